The SMILES string of the molecule is O=C(O)CC(NC(=O)OCC1c2ccccc2-c2ccccc21)c1ccc(OCc2ccccc2)cc1. The lowest BCUT2D eigenvalue weighted by molar-refractivity contribution is -0.137. The summed E-state index contributed by atoms with van der Waals surface area (Å²) in [7, 11) is 0. The summed E-state index contributed by atoms with van der Waals surface area (Å²) >= 11 is 0. The van der Waals surface area contributed by atoms with Gasteiger partial charge in [0, 0.05) is 5.92 Å². The Morgan fingerprint density at radius 1 is 0.784 bits per heavy atom. The molecule has 0 aromatic heterocycles. The number of hydrogen-bond acceptors (Lipinski definition) is 4. The maximum Gasteiger partial charge on any atom is 0.407 e. The molecule has 4 aromatic carbocycles. The highest BCUT2D eigenvalue weighted by Gasteiger charge is 2.29. The van der Waals surface area contributed by atoms with Gasteiger partial charge in [-0.15, -0.1) is 0 Å². The fraction of sp³-hybridized carbons (Fsp3) is 0.161. The fourth-order valence-corrected chi connectivity index (χ4v) is 4.75. The third kappa shape index (κ3) is 5.64. The largest absolute Gasteiger partial charge is 0.489 e. The Labute approximate surface area is 215 Å². The van der Waals surface area contributed by atoms with Gasteiger partial charge in [0.05, 0.1) is 12.5 Å². The normalized spacial score (nSPS) is 12.8. The first-order valence-corrected chi connectivity index (χ1v) is 12.2. The Balaban J connectivity index is 1.23. The third-order valence-corrected chi connectivity index (χ3v) is 6.55. The summed E-state index contributed by atoms with van der Waals surface area (Å²) in [5, 5.41) is 12.2. The number of carboxylic acid groups (broad SMARTS) is 1. The van der Waals surface area contributed by atoms with Gasteiger partial charge in [-0.2, -0.15) is 0 Å². The van der Waals surface area contributed by atoms with Crippen LogP contribution in [-0.4, -0.2) is 23.8 Å². The van der Waals surface area contributed by atoms with E-state index in [1.54, 1.807) is 24.3 Å². The van der Waals surface area contributed by atoms with Crippen LogP contribution in [0.3, 0.4) is 0 Å². The smallest absolute Gasteiger partial charge is 0.407 e. The third-order valence-electron chi connectivity index (χ3n) is 6.55. The van der Waals surface area contributed by atoms with Crippen molar-refractivity contribution >= 4 is 12.1 Å². The zero-order valence-corrected chi connectivity index (χ0v) is 20.2. The molecule has 0 bridgehead atoms. The quantitative estimate of drug-likeness (QED) is 0.285. The monoisotopic (exact) mass is 493 g/mol. The number of rotatable bonds is 9. The predicted octanol–water partition coefficient (Wildman–Crippen LogP) is 6.32. The molecular weight excluding hydrogens is 466 g/mol. The van der Waals surface area contributed by atoms with Gasteiger partial charge in [0.1, 0.15) is 19.0 Å². The van der Waals surface area contributed by atoms with Crippen molar-refractivity contribution < 1.29 is 24.2 Å². The van der Waals surface area contributed by atoms with Gasteiger partial charge in [-0.05, 0) is 45.5 Å². The van der Waals surface area contributed by atoms with Crippen molar-refractivity contribution in [3.8, 4) is 16.9 Å². The number of carboxylic acids is 1. The molecule has 0 aliphatic heterocycles. The van der Waals surface area contributed by atoms with E-state index in [2.05, 4.69) is 29.6 Å². The lowest BCUT2D eigenvalue weighted by Gasteiger charge is -2.19. The van der Waals surface area contributed by atoms with E-state index in [-0.39, 0.29) is 18.9 Å². The van der Waals surface area contributed by atoms with Crippen molar-refractivity contribution in [1.82, 2.24) is 5.32 Å². The number of nitrogens with one attached hydrogen (secondary N) is 1. The first-order valence-electron chi connectivity index (χ1n) is 12.2. The lowest BCUT2D eigenvalue weighted by Crippen LogP contribution is -2.31. The second-order valence-corrected chi connectivity index (χ2v) is 8.96. The molecule has 1 unspecified atom stereocenters. The zero-order valence-electron chi connectivity index (χ0n) is 20.2. The Bertz CT molecular complexity index is 1340. The van der Waals surface area contributed by atoms with E-state index in [1.165, 1.54) is 0 Å². The van der Waals surface area contributed by atoms with Gasteiger partial charge < -0.3 is 19.9 Å². The first kappa shape index (κ1) is 24.1. The molecule has 37 heavy (non-hydrogen) atoms. The Morgan fingerprint density at radius 2 is 1.38 bits per heavy atom. The van der Waals surface area contributed by atoms with Gasteiger partial charge in [0.15, 0.2) is 0 Å². The molecule has 0 radical (unpaired) electrons. The molecule has 186 valence electrons. The number of alkyl carbamates (subject to hydrolysis) is 1. The predicted molar refractivity (Wildman–Crippen MR) is 140 cm³/mol. The summed E-state index contributed by atoms with van der Waals surface area (Å²) in [5.74, 6) is -0.437. The van der Waals surface area contributed by atoms with E-state index in [0.717, 1.165) is 27.8 Å². The van der Waals surface area contributed by atoms with Crippen LogP contribution in [0.15, 0.2) is 103 Å². The Hall–Kier alpha value is -4.58. The minimum absolute atomic E-state index is 0.0721. The molecule has 2 N–H and O–H groups in total. The minimum atomic E-state index is -1.02. The van der Waals surface area contributed by atoms with Crippen molar-refractivity contribution in [2.24, 2.45) is 0 Å². The van der Waals surface area contributed by atoms with Crippen LogP contribution in [0.4, 0.5) is 4.79 Å². The topological polar surface area (TPSA) is 84.9 Å². The number of carbonyl (C=O) groups is 2. The molecule has 1 amide bonds. The molecular formula is C31H27NO5. The second kappa shape index (κ2) is 11.0. The van der Waals surface area contributed by atoms with Crippen molar-refractivity contribution in [3.05, 3.63) is 125 Å². The maximum absolute atomic E-state index is 12.8. The van der Waals surface area contributed by atoms with E-state index in [4.69, 9.17) is 9.47 Å². The van der Waals surface area contributed by atoms with Crippen molar-refractivity contribution in [2.45, 2.75) is 25.0 Å². The van der Waals surface area contributed by atoms with Crippen LogP contribution in [0, 0.1) is 0 Å². The minimum Gasteiger partial charge on any atom is -0.489 e. The van der Waals surface area contributed by atoms with Gasteiger partial charge in [0.25, 0.3) is 0 Å². The summed E-state index contributed by atoms with van der Waals surface area (Å²) < 4.78 is 11.4. The van der Waals surface area contributed by atoms with Crippen molar-refractivity contribution in [2.75, 3.05) is 6.61 Å². The van der Waals surface area contributed by atoms with Crippen molar-refractivity contribution in [1.29, 1.82) is 0 Å². The number of benzene rings is 4. The van der Waals surface area contributed by atoms with E-state index >= 15 is 0 Å². The first-order chi connectivity index (χ1) is 18.1. The van der Waals surface area contributed by atoms with Gasteiger partial charge in [-0.1, -0.05) is 91.0 Å². The molecule has 6 heteroatoms. The number of amides is 1. The number of hydrogen-bond donors (Lipinski definition) is 2. The molecule has 0 fully saturated rings. The van der Waals surface area contributed by atoms with Crippen LogP contribution in [0.5, 0.6) is 5.75 Å². The average molecular weight is 494 g/mol. The second-order valence-electron chi connectivity index (χ2n) is 8.96. The van der Waals surface area contributed by atoms with Gasteiger partial charge in [-0.3, -0.25) is 4.79 Å². The van der Waals surface area contributed by atoms with Crippen LogP contribution >= 0.6 is 0 Å². The van der Waals surface area contributed by atoms with E-state index < -0.39 is 18.1 Å². The Morgan fingerprint density at radius 3 is 2.00 bits per heavy atom. The van der Waals surface area contributed by atoms with Crippen LogP contribution in [0.1, 0.15) is 40.6 Å². The van der Waals surface area contributed by atoms with Crippen molar-refractivity contribution in [3.63, 3.8) is 0 Å². The van der Waals surface area contributed by atoms with E-state index in [0.29, 0.717) is 17.9 Å². The van der Waals surface area contributed by atoms with Gasteiger partial charge in [-0.25, -0.2) is 4.79 Å². The molecule has 0 saturated carbocycles. The number of carbonyl (C=O) groups excluding carboxylic acids is 1. The maximum atomic E-state index is 12.8. The summed E-state index contributed by atoms with van der Waals surface area (Å²) in [5.41, 5.74) is 6.22. The average Bonchev–Trinajstić information content (AvgIpc) is 3.25. The molecule has 0 spiro atoms. The Kier molecular flexibility index (Phi) is 7.17. The molecule has 4 aromatic rings. The highest BCUT2D eigenvalue weighted by Crippen LogP contribution is 2.44. The van der Waals surface area contributed by atoms with Gasteiger partial charge in [0.2, 0.25) is 0 Å². The highest BCUT2D eigenvalue weighted by molar-refractivity contribution is 5.79. The fourth-order valence-electron chi connectivity index (χ4n) is 4.75. The molecule has 1 aliphatic carbocycles. The molecule has 5 rings (SSSR count). The summed E-state index contributed by atoms with van der Waals surface area (Å²) in [6.07, 6.45) is -0.925. The zero-order chi connectivity index (χ0) is 25.6. The summed E-state index contributed by atoms with van der Waals surface area (Å²) in [4.78, 5) is 24.3. The standard InChI is InChI=1S/C31H27NO5/c33-30(34)18-29(22-14-16-23(17-15-22)36-19-21-8-2-1-3-9-21)32-31(35)37-20-28-26-12-6-4-10-24(26)25-11-5-7-13-27(25)28/h1-17,28-29H,18-20H2,(H,32,35)(H,33,34). The molecule has 6 nitrogen and oxygen atoms in total. The molecule has 1 aliphatic rings. The van der Waals surface area contributed by atoms with E-state index in [1.807, 2.05) is 54.6 Å². The van der Waals surface area contributed by atoms with Gasteiger partial charge >= 0.3 is 12.1 Å². The van der Waals surface area contributed by atoms with E-state index in [9.17, 15) is 14.7 Å². The van der Waals surface area contributed by atoms with Crippen LogP contribution in [-0.2, 0) is 16.1 Å². The lowest BCUT2D eigenvalue weighted by atomic mass is 9.98. The molecule has 1 atom stereocenters. The molecule has 0 heterocycles. The highest BCUT2D eigenvalue weighted by atomic mass is 16.5. The number of aliphatic carboxylic acids is 1. The van der Waals surface area contributed by atoms with Crippen LogP contribution in [0.25, 0.3) is 11.1 Å². The summed E-state index contributed by atoms with van der Waals surface area (Å²) in [6, 6.07) is 32.4. The van der Waals surface area contributed by atoms with Crippen LogP contribution < -0.4 is 10.1 Å². The van der Waals surface area contributed by atoms with Crippen LogP contribution in [0.2, 0.25) is 0 Å². The number of ether oxygens (including phenoxy) is 2. The summed E-state index contributed by atoms with van der Waals surface area (Å²) in [6.45, 7) is 0.586. The number of fused-ring (bicyclic) bond motifs is 3. The molecule has 0 saturated heterocycles.